The number of pyridine rings is 2. The monoisotopic (exact) mass is 765 g/mol. The second kappa shape index (κ2) is 15.0. The predicted octanol–water partition coefficient (Wildman–Crippen LogP) is 13.8. The van der Waals surface area contributed by atoms with Crippen LogP contribution in [0.2, 0.25) is 0 Å². The van der Waals surface area contributed by atoms with Gasteiger partial charge in [-0.05, 0) is 85.9 Å². The van der Waals surface area contributed by atoms with Gasteiger partial charge in [-0.1, -0.05) is 164 Å². The molecule has 8 aromatic carbocycles. The Hall–Kier alpha value is -8.15. The summed E-state index contributed by atoms with van der Waals surface area (Å²) in [6.07, 6.45) is 3.77. The van der Waals surface area contributed by atoms with Crippen LogP contribution in [0.15, 0.2) is 213 Å². The lowest BCUT2D eigenvalue weighted by Gasteiger charge is -2.14. The van der Waals surface area contributed by atoms with Gasteiger partial charge in [-0.15, -0.1) is 0 Å². The van der Waals surface area contributed by atoms with Gasteiger partial charge in [0.15, 0.2) is 17.5 Å². The van der Waals surface area contributed by atoms with Crippen molar-refractivity contribution in [3.8, 4) is 78.8 Å². The van der Waals surface area contributed by atoms with Crippen molar-refractivity contribution in [1.29, 1.82) is 0 Å². The molecule has 0 atom stereocenters. The second-order valence-electron chi connectivity index (χ2n) is 15.0. The molecule has 3 heterocycles. The molecular weight excluding hydrogens is 731 g/mol. The Morgan fingerprint density at radius 2 is 0.767 bits per heavy atom. The fourth-order valence-corrected chi connectivity index (χ4v) is 8.09. The molecule has 5 heteroatoms. The minimum absolute atomic E-state index is 0.606. The summed E-state index contributed by atoms with van der Waals surface area (Å²) in [5.74, 6) is 1.86. The maximum Gasteiger partial charge on any atom is 0.164 e. The Labute approximate surface area is 347 Å². The van der Waals surface area contributed by atoms with Crippen LogP contribution < -0.4 is 0 Å². The molecule has 0 saturated heterocycles. The molecule has 0 radical (unpaired) electrons. The van der Waals surface area contributed by atoms with Gasteiger partial charge in [-0.25, -0.2) is 19.9 Å². The molecule has 280 valence electrons. The van der Waals surface area contributed by atoms with Gasteiger partial charge in [0, 0.05) is 45.4 Å². The summed E-state index contributed by atoms with van der Waals surface area (Å²) < 4.78 is 0. The Morgan fingerprint density at radius 1 is 0.267 bits per heavy atom. The fraction of sp³-hybridized carbons (Fsp3) is 0. The van der Waals surface area contributed by atoms with Gasteiger partial charge in [0.05, 0.1) is 11.2 Å². The topological polar surface area (TPSA) is 64.5 Å². The molecule has 0 amide bonds. The lowest BCUT2D eigenvalue weighted by molar-refractivity contribution is 1.07. The highest BCUT2D eigenvalue weighted by Crippen LogP contribution is 2.37. The van der Waals surface area contributed by atoms with Crippen LogP contribution in [0.1, 0.15) is 0 Å². The van der Waals surface area contributed by atoms with Crippen molar-refractivity contribution in [3.63, 3.8) is 0 Å². The van der Waals surface area contributed by atoms with Crippen molar-refractivity contribution in [2.75, 3.05) is 0 Å². The van der Waals surface area contributed by atoms with Crippen LogP contribution in [-0.2, 0) is 0 Å². The molecule has 60 heavy (non-hydrogen) atoms. The van der Waals surface area contributed by atoms with Gasteiger partial charge < -0.3 is 0 Å². The van der Waals surface area contributed by atoms with Crippen LogP contribution in [0, 0.1) is 0 Å². The molecule has 3 aromatic heterocycles. The summed E-state index contributed by atoms with van der Waals surface area (Å²) in [6, 6.07) is 69.9. The molecule has 11 aromatic rings. The van der Waals surface area contributed by atoms with E-state index in [2.05, 4.69) is 138 Å². The highest BCUT2D eigenvalue weighted by atomic mass is 15.0. The van der Waals surface area contributed by atoms with Gasteiger partial charge in [-0.3, -0.25) is 4.98 Å². The van der Waals surface area contributed by atoms with Crippen molar-refractivity contribution in [3.05, 3.63) is 213 Å². The largest absolute Gasteiger partial charge is 0.264 e. The van der Waals surface area contributed by atoms with Crippen molar-refractivity contribution < 1.29 is 0 Å². The quantitative estimate of drug-likeness (QED) is 0.151. The van der Waals surface area contributed by atoms with Gasteiger partial charge in [0.1, 0.15) is 0 Å². The molecule has 0 aliphatic heterocycles. The first-order valence-corrected chi connectivity index (χ1v) is 20.1. The lowest BCUT2D eigenvalue weighted by Crippen LogP contribution is -2.00. The first-order chi connectivity index (χ1) is 29.7. The van der Waals surface area contributed by atoms with E-state index >= 15 is 0 Å². The molecule has 0 N–H and O–H groups in total. The number of rotatable bonds is 7. The molecule has 0 saturated carbocycles. The molecule has 5 nitrogen and oxygen atoms in total. The van der Waals surface area contributed by atoms with E-state index in [1.54, 1.807) is 0 Å². The van der Waals surface area contributed by atoms with Crippen LogP contribution in [0.3, 0.4) is 0 Å². The van der Waals surface area contributed by atoms with E-state index in [-0.39, 0.29) is 0 Å². The van der Waals surface area contributed by atoms with Crippen molar-refractivity contribution in [2.45, 2.75) is 0 Å². The molecule has 0 aliphatic rings. The number of para-hydroxylation sites is 1. The second-order valence-corrected chi connectivity index (χ2v) is 15.0. The van der Waals surface area contributed by atoms with E-state index in [1.807, 2.05) is 79.1 Å². The van der Waals surface area contributed by atoms with Crippen LogP contribution in [0.4, 0.5) is 0 Å². The molecule has 0 bridgehead atoms. The number of fused-ring (bicyclic) bond motifs is 4. The fourth-order valence-electron chi connectivity index (χ4n) is 8.09. The van der Waals surface area contributed by atoms with Crippen LogP contribution in [-0.4, -0.2) is 24.9 Å². The third kappa shape index (κ3) is 6.64. The van der Waals surface area contributed by atoms with E-state index in [1.165, 1.54) is 21.9 Å². The molecule has 0 unspecified atom stereocenters. The molecular formula is C55H35N5. The average molecular weight is 766 g/mol. The van der Waals surface area contributed by atoms with E-state index in [4.69, 9.17) is 19.9 Å². The third-order valence-electron chi connectivity index (χ3n) is 11.2. The number of hydrogen-bond acceptors (Lipinski definition) is 5. The smallest absolute Gasteiger partial charge is 0.164 e. The maximum atomic E-state index is 5.13. The first-order valence-electron chi connectivity index (χ1n) is 20.1. The van der Waals surface area contributed by atoms with Crippen LogP contribution in [0.25, 0.3) is 111 Å². The Balaban J connectivity index is 1.05. The predicted molar refractivity (Wildman–Crippen MR) is 246 cm³/mol. The lowest BCUT2D eigenvalue weighted by atomic mass is 9.93. The summed E-state index contributed by atoms with van der Waals surface area (Å²) in [7, 11) is 0. The van der Waals surface area contributed by atoms with Crippen LogP contribution in [0.5, 0.6) is 0 Å². The Bertz CT molecular complexity index is 3290. The van der Waals surface area contributed by atoms with E-state index in [0.29, 0.717) is 17.5 Å². The van der Waals surface area contributed by atoms with Crippen molar-refractivity contribution in [1.82, 2.24) is 24.9 Å². The van der Waals surface area contributed by atoms with Gasteiger partial charge in [0.25, 0.3) is 0 Å². The van der Waals surface area contributed by atoms with Crippen molar-refractivity contribution in [2.24, 2.45) is 0 Å². The molecule has 11 rings (SSSR count). The third-order valence-corrected chi connectivity index (χ3v) is 11.2. The number of aromatic nitrogens is 5. The number of hydrogen-bond donors (Lipinski definition) is 0. The maximum absolute atomic E-state index is 5.13. The Morgan fingerprint density at radius 3 is 1.42 bits per heavy atom. The Kier molecular flexibility index (Phi) is 8.75. The zero-order valence-electron chi connectivity index (χ0n) is 32.4. The number of benzene rings is 8. The summed E-state index contributed by atoms with van der Waals surface area (Å²) in [5, 5.41) is 5.75. The van der Waals surface area contributed by atoms with Gasteiger partial charge in [0.2, 0.25) is 0 Å². The number of nitrogens with zero attached hydrogens (tertiary/aromatic N) is 5. The van der Waals surface area contributed by atoms with Crippen molar-refractivity contribution >= 4 is 32.4 Å². The van der Waals surface area contributed by atoms with Crippen LogP contribution >= 0.6 is 0 Å². The van der Waals surface area contributed by atoms with E-state index in [9.17, 15) is 0 Å². The normalized spacial score (nSPS) is 11.3. The zero-order chi connectivity index (χ0) is 39.8. The van der Waals surface area contributed by atoms with Gasteiger partial charge in [-0.2, -0.15) is 0 Å². The average Bonchev–Trinajstić information content (AvgIpc) is 3.34. The SMILES string of the molecule is c1ccc(-c2nc(-c3ccccc3)nc(-c3cc(-c4ccc(-c5ccc6ccccc6c5)cc4)cc(-c4ccc(-c5nc6ccccc6c6ccncc56)cc4)c3)n2)cc1. The summed E-state index contributed by atoms with van der Waals surface area (Å²) >= 11 is 0. The highest BCUT2D eigenvalue weighted by molar-refractivity contribution is 6.10. The summed E-state index contributed by atoms with van der Waals surface area (Å²) in [6.45, 7) is 0. The van der Waals surface area contributed by atoms with Gasteiger partial charge >= 0.3 is 0 Å². The highest BCUT2D eigenvalue weighted by Gasteiger charge is 2.16. The van der Waals surface area contributed by atoms with E-state index < -0.39 is 0 Å². The summed E-state index contributed by atoms with van der Waals surface area (Å²) in [5.41, 5.74) is 12.3. The zero-order valence-corrected chi connectivity index (χ0v) is 32.4. The molecule has 0 fully saturated rings. The minimum atomic E-state index is 0.606. The molecule has 0 aliphatic carbocycles. The summed E-state index contributed by atoms with van der Waals surface area (Å²) in [4.78, 5) is 24.8. The minimum Gasteiger partial charge on any atom is -0.264 e. The standard InChI is InChI=1S/C55H35N5/c1-3-12-41(13-4-1)53-58-54(42-14-5-2-6-15-42)60-55(59-53)47-33-45(38-21-19-37(20-22-38)44-28-25-36-11-7-8-16-43(36)31-44)32-46(34-47)39-23-26-40(27-24-39)52-50-35-56-30-29-48(50)49-17-9-10-18-51(49)57-52/h1-35H. The van der Waals surface area contributed by atoms with E-state index in [0.717, 1.165) is 71.9 Å². The molecule has 0 spiro atoms. The first kappa shape index (κ1) is 35.0.